The van der Waals surface area contributed by atoms with Gasteiger partial charge in [0, 0.05) is 36.8 Å². The predicted octanol–water partition coefficient (Wildman–Crippen LogP) is 2.84. The molecule has 0 spiro atoms. The number of rotatable bonds is 9. The smallest absolute Gasteiger partial charge is 0.254 e. The van der Waals surface area contributed by atoms with Crippen molar-refractivity contribution in [2.45, 2.75) is 18.4 Å². The first-order valence-electron chi connectivity index (χ1n) is 9.01. The van der Waals surface area contributed by atoms with E-state index >= 15 is 0 Å². The zero-order valence-electron chi connectivity index (χ0n) is 16.4. The number of likely N-dealkylation sites (N-methyl/N-ethyl adjacent to an activating group) is 1. The Hall–Kier alpha value is -1.93. The average Bonchev–Trinajstić information content (AvgIpc) is 2.66. The average molecular weight is 424 g/mol. The first-order chi connectivity index (χ1) is 13.2. The molecule has 28 heavy (non-hydrogen) atoms. The molecule has 0 saturated carbocycles. The summed E-state index contributed by atoms with van der Waals surface area (Å²) in [6.45, 7) is 3.61. The second kappa shape index (κ2) is 10.0. The fraction of sp³-hybridized carbons (Fsp3) is 0.350. The van der Waals surface area contributed by atoms with Gasteiger partial charge in [-0.1, -0.05) is 36.7 Å². The Kier molecular flexibility index (Phi) is 8.00. The molecule has 0 heterocycles. The monoisotopic (exact) mass is 423 g/mol. The first kappa shape index (κ1) is 22.4. The van der Waals surface area contributed by atoms with Crippen LogP contribution in [0, 0.1) is 0 Å². The highest BCUT2D eigenvalue weighted by molar-refractivity contribution is 7.89. The van der Waals surface area contributed by atoms with Crippen LogP contribution in [0.4, 0.5) is 0 Å². The van der Waals surface area contributed by atoms with E-state index in [2.05, 4.69) is 4.72 Å². The summed E-state index contributed by atoms with van der Waals surface area (Å²) < 4.78 is 27.0. The number of nitrogens with one attached hydrogen (secondary N) is 1. The molecular weight excluding hydrogens is 398 g/mol. The van der Waals surface area contributed by atoms with Gasteiger partial charge in [-0.3, -0.25) is 4.79 Å². The number of amides is 1. The molecule has 2 aromatic rings. The van der Waals surface area contributed by atoms with Crippen LogP contribution >= 0.6 is 11.6 Å². The summed E-state index contributed by atoms with van der Waals surface area (Å²) >= 11 is 5.95. The first-order valence-corrected chi connectivity index (χ1v) is 10.9. The summed E-state index contributed by atoms with van der Waals surface area (Å²) in [5.41, 5.74) is 1.29. The van der Waals surface area contributed by atoms with Crippen molar-refractivity contribution in [1.29, 1.82) is 0 Å². The number of halogens is 1. The van der Waals surface area contributed by atoms with Crippen LogP contribution in [0.5, 0.6) is 0 Å². The number of hydrogen-bond acceptors (Lipinski definition) is 4. The van der Waals surface area contributed by atoms with Gasteiger partial charge in [0.15, 0.2) is 0 Å². The predicted molar refractivity (Wildman–Crippen MR) is 112 cm³/mol. The van der Waals surface area contributed by atoms with Crippen molar-refractivity contribution < 1.29 is 13.2 Å². The third kappa shape index (κ3) is 6.31. The lowest BCUT2D eigenvalue weighted by Crippen LogP contribution is -2.36. The van der Waals surface area contributed by atoms with Crippen molar-refractivity contribution in [1.82, 2.24) is 14.5 Å². The Morgan fingerprint density at radius 3 is 2.36 bits per heavy atom. The highest BCUT2D eigenvalue weighted by Crippen LogP contribution is 2.16. The van der Waals surface area contributed by atoms with Crippen molar-refractivity contribution in [3.63, 3.8) is 0 Å². The lowest BCUT2D eigenvalue weighted by molar-refractivity contribution is 0.0731. The Morgan fingerprint density at radius 1 is 1.07 bits per heavy atom. The molecule has 0 radical (unpaired) electrons. The number of carbonyl (C=O) groups is 1. The number of carbonyl (C=O) groups excluding carboxylic acids is 1. The third-order valence-electron chi connectivity index (χ3n) is 4.12. The van der Waals surface area contributed by atoms with Crippen LogP contribution in [0.25, 0.3) is 0 Å². The van der Waals surface area contributed by atoms with Crippen LogP contribution in [-0.2, 0) is 16.6 Å². The van der Waals surface area contributed by atoms with Crippen LogP contribution in [0.2, 0.25) is 5.02 Å². The topological polar surface area (TPSA) is 69.7 Å². The van der Waals surface area contributed by atoms with Gasteiger partial charge in [0.1, 0.15) is 0 Å². The maximum Gasteiger partial charge on any atom is 0.254 e. The summed E-state index contributed by atoms with van der Waals surface area (Å²) in [7, 11) is 0.253. The van der Waals surface area contributed by atoms with E-state index in [0.717, 1.165) is 5.56 Å². The van der Waals surface area contributed by atoms with Crippen LogP contribution < -0.4 is 4.72 Å². The van der Waals surface area contributed by atoms with Gasteiger partial charge in [0.25, 0.3) is 5.91 Å². The Morgan fingerprint density at radius 2 is 1.75 bits per heavy atom. The fourth-order valence-corrected chi connectivity index (χ4v) is 3.85. The molecule has 152 valence electrons. The number of nitrogens with zero attached hydrogens (tertiary/aromatic N) is 2. The van der Waals surface area contributed by atoms with E-state index in [0.29, 0.717) is 30.2 Å². The van der Waals surface area contributed by atoms with Gasteiger partial charge < -0.3 is 9.80 Å². The van der Waals surface area contributed by atoms with Gasteiger partial charge in [-0.15, -0.1) is 0 Å². The highest BCUT2D eigenvalue weighted by Gasteiger charge is 2.20. The van der Waals surface area contributed by atoms with E-state index in [1.807, 2.05) is 31.1 Å². The van der Waals surface area contributed by atoms with E-state index < -0.39 is 10.0 Å². The van der Waals surface area contributed by atoms with Crippen LogP contribution in [-0.4, -0.2) is 57.9 Å². The molecule has 0 unspecified atom stereocenters. The van der Waals surface area contributed by atoms with Crippen LogP contribution in [0.3, 0.4) is 0 Å². The van der Waals surface area contributed by atoms with Gasteiger partial charge in [0.2, 0.25) is 10.0 Å². The maximum atomic E-state index is 13.1. The number of sulfonamides is 1. The SMILES string of the molecule is CCNS(=O)(=O)c1cccc(C(=O)N(CCN(C)C)Cc2ccc(Cl)cc2)c1. The van der Waals surface area contributed by atoms with Gasteiger partial charge >= 0.3 is 0 Å². The lowest BCUT2D eigenvalue weighted by atomic mass is 10.1. The molecule has 6 nitrogen and oxygen atoms in total. The van der Waals surface area contributed by atoms with Crippen molar-refractivity contribution in [3.8, 4) is 0 Å². The van der Waals surface area contributed by atoms with Crippen LogP contribution in [0.15, 0.2) is 53.4 Å². The zero-order valence-corrected chi connectivity index (χ0v) is 17.9. The summed E-state index contributed by atoms with van der Waals surface area (Å²) in [6.07, 6.45) is 0. The normalized spacial score (nSPS) is 11.6. The summed E-state index contributed by atoms with van der Waals surface area (Å²) in [6, 6.07) is 13.5. The van der Waals surface area contributed by atoms with Gasteiger partial charge in [-0.25, -0.2) is 13.1 Å². The Balaban J connectivity index is 2.29. The van der Waals surface area contributed by atoms with E-state index in [-0.39, 0.29) is 17.3 Å². The minimum Gasteiger partial charge on any atom is -0.333 e. The van der Waals surface area contributed by atoms with Crippen molar-refractivity contribution in [3.05, 3.63) is 64.7 Å². The highest BCUT2D eigenvalue weighted by atomic mass is 35.5. The largest absolute Gasteiger partial charge is 0.333 e. The Bertz CT molecular complexity index is 899. The van der Waals surface area contributed by atoms with E-state index in [9.17, 15) is 13.2 Å². The molecule has 0 fully saturated rings. The molecule has 0 bridgehead atoms. The van der Waals surface area contributed by atoms with E-state index in [4.69, 9.17) is 11.6 Å². The van der Waals surface area contributed by atoms with Crippen LogP contribution in [0.1, 0.15) is 22.8 Å². The third-order valence-corrected chi connectivity index (χ3v) is 5.91. The zero-order chi connectivity index (χ0) is 20.7. The van der Waals surface area contributed by atoms with Gasteiger partial charge in [0.05, 0.1) is 4.90 Å². The molecule has 8 heteroatoms. The summed E-state index contributed by atoms with van der Waals surface area (Å²) in [5, 5.41) is 0.635. The van der Waals surface area contributed by atoms with Gasteiger partial charge in [-0.05, 0) is 50.0 Å². The van der Waals surface area contributed by atoms with Crippen molar-refractivity contribution >= 4 is 27.5 Å². The summed E-state index contributed by atoms with van der Waals surface area (Å²) in [5.74, 6) is -0.217. The fourth-order valence-electron chi connectivity index (χ4n) is 2.64. The molecule has 2 rings (SSSR count). The molecule has 2 aromatic carbocycles. The maximum absolute atomic E-state index is 13.1. The number of hydrogen-bond donors (Lipinski definition) is 1. The minimum absolute atomic E-state index is 0.0826. The molecule has 0 aliphatic carbocycles. The second-order valence-corrected chi connectivity index (χ2v) is 8.89. The molecule has 1 N–H and O–H groups in total. The molecule has 0 aromatic heterocycles. The molecule has 0 aliphatic heterocycles. The standard InChI is InChI=1S/C20H26ClN3O3S/c1-4-22-28(26,27)19-7-5-6-17(14-19)20(25)24(13-12-23(2)3)15-16-8-10-18(21)11-9-16/h5-11,14,22H,4,12-13,15H2,1-3H3. The second-order valence-electron chi connectivity index (χ2n) is 6.69. The Labute approximate surface area is 172 Å². The molecule has 0 saturated heterocycles. The summed E-state index contributed by atoms with van der Waals surface area (Å²) in [4.78, 5) is 16.9. The van der Waals surface area contributed by atoms with E-state index in [1.165, 1.54) is 12.1 Å². The lowest BCUT2D eigenvalue weighted by Gasteiger charge is -2.25. The molecule has 0 atom stereocenters. The molecular formula is C20H26ClN3O3S. The van der Waals surface area contributed by atoms with Gasteiger partial charge in [-0.2, -0.15) is 0 Å². The number of benzene rings is 2. The molecule has 1 amide bonds. The van der Waals surface area contributed by atoms with Crippen molar-refractivity contribution in [2.24, 2.45) is 0 Å². The quantitative estimate of drug-likeness (QED) is 0.673. The molecule has 0 aliphatic rings. The van der Waals surface area contributed by atoms with E-state index in [1.54, 1.807) is 36.1 Å². The minimum atomic E-state index is -3.63. The van der Waals surface area contributed by atoms with Crippen molar-refractivity contribution in [2.75, 3.05) is 33.7 Å².